The molecule has 76 valence electrons. The molecule has 0 radical (unpaired) electrons. The van der Waals surface area contributed by atoms with Crippen molar-refractivity contribution in [3.63, 3.8) is 0 Å². The molecule has 1 heterocycles. The van der Waals surface area contributed by atoms with Crippen molar-refractivity contribution in [2.24, 2.45) is 0 Å². The Morgan fingerprint density at radius 2 is 1.33 bits per heavy atom. The summed E-state index contributed by atoms with van der Waals surface area (Å²) in [6.07, 6.45) is 5.39. The third-order valence-electron chi connectivity index (χ3n) is 2.85. The fourth-order valence-electron chi connectivity index (χ4n) is 1.89. The lowest BCUT2D eigenvalue weighted by Gasteiger charge is -2.19. The zero-order valence-electron chi connectivity index (χ0n) is 8.83. The van der Waals surface area contributed by atoms with E-state index in [1.54, 1.807) is 0 Å². The van der Waals surface area contributed by atoms with Gasteiger partial charge in [0.2, 0.25) is 0 Å². The van der Waals surface area contributed by atoms with Crippen LogP contribution >= 0.6 is 0 Å². The Balaban J connectivity index is 2.22. The molecule has 0 atom stereocenters. The average molecular weight is 200 g/mol. The van der Waals surface area contributed by atoms with Gasteiger partial charge in [-0.1, -0.05) is 12.2 Å². The summed E-state index contributed by atoms with van der Waals surface area (Å²) in [6, 6.07) is 4.09. The van der Waals surface area contributed by atoms with Gasteiger partial charge in [0.05, 0.1) is 0 Å². The Morgan fingerprint density at radius 3 is 1.80 bits per heavy atom. The van der Waals surface area contributed by atoms with Gasteiger partial charge < -0.3 is 9.47 Å². The van der Waals surface area contributed by atoms with Gasteiger partial charge in [0.1, 0.15) is 11.5 Å². The minimum atomic E-state index is 0.823. The fraction of sp³-hybridized carbons (Fsp3) is 0.231. The number of allylic oxidation sites excluding steroid dienone is 2. The van der Waals surface area contributed by atoms with Crippen molar-refractivity contribution < 1.29 is 9.47 Å². The summed E-state index contributed by atoms with van der Waals surface area (Å²) in [5, 5.41) is 2.48. The van der Waals surface area contributed by atoms with Gasteiger partial charge >= 0.3 is 0 Å². The Labute approximate surface area is 88.1 Å². The molecule has 3 rings (SSSR count). The number of ether oxygens (including phenoxy) is 2. The van der Waals surface area contributed by atoms with Crippen LogP contribution in [0.2, 0.25) is 0 Å². The number of fused-ring (bicyclic) bond motifs is 2. The van der Waals surface area contributed by atoms with Crippen LogP contribution in [0.25, 0.3) is 12.2 Å². The molecule has 0 saturated heterocycles. The molecule has 2 aliphatic rings. The van der Waals surface area contributed by atoms with Crippen molar-refractivity contribution in [1.29, 1.82) is 0 Å². The summed E-state index contributed by atoms with van der Waals surface area (Å²) in [5.41, 5.74) is 0. The van der Waals surface area contributed by atoms with E-state index >= 15 is 0 Å². The molecule has 15 heavy (non-hydrogen) atoms. The minimum absolute atomic E-state index is 0.823. The first-order valence-electron chi connectivity index (χ1n) is 5.12. The largest absolute Gasteiger partial charge is 0.455 e. The fourth-order valence-corrected chi connectivity index (χ4v) is 1.89. The molecule has 0 saturated carbocycles. The van der Waals surface area contributed by atoms with Crippen molar-refractivity contribution >= 4 is 12.2 Å². The summed E-state index contributed by atoms with van der Waals surface area (Å²) in [5.74, 6) is 3.32. The first-order chi connectivity index (χ1) is 7.24. The molecule has 1 aromatic carbocycles. The normalized spacial score (nSPS) is 16.9. The second-order valence-electron chi connectivity index (χ2n) is 3.89. The van der Waals surface area contributed by atoms with E-state index in [0.29, 0.717) is 0 Å². The highest BCUT2D eigenvalue weighted by atomic mass is 16.6. The molecule has 0 amide bonds. The predicted octanol–water partition coefficient (Wildman–Crippen LogP) is 1.67. The van der Waals surface area contributed by atoms with Gasteiger partial charge in [-0.25, -0.2) is 0 Å². The maximum absolute atomic E-state index is 5.69. The summed E-state index contributed by atoms with van der Waals surface area (Å²) < 4.78 is 11.4. The molecule has 0 bridgehead atoms. The van der Waals surface area contributed by atoms with Crippen LogP contribution in [0.5, 0.6) is 11.5 Å². The lowest BCUT2D eigenvalue weighted by atomic mass is 10.2. The van der Waals surface area contributed by atoms with Crippen LogP contribution in [0.1, 0.15) is 20.3 Å². The maximum atomic E-state index is 5.69. The third-order valence-corrected chi connectivity index (χ3v) is 2.85. The standard InChI is InChI=1S/C13H12O2/c1-8-9(2)15-13-7-11-5-3-4-10(11)6-12(13)14-8/h4-7H,3H2,1-2H3. The van der Waals surface area contributed by atoms with Crippen LogP contribution in [0.4, 0.5) is 0 Å². The third kappa shape index (κ3) is 1.25. The Morgan fingerprint density at radius 1 is 0.867 bits per heavy atom. The average Bonchev–Trinajstić information content (AvgIpc) is 2.63. The van der Waals surface area contributed by atoms with Crippen LogP contribution in [0.3, 0.4) is 0 Å². The molecule has 0 N–H and O–H groups in total. The van der Waals surface area contributed by atoms with E-state index in [2.05, 4.69) is 12.2 Å². The van der Waals surface area contributed by atoms with E-state index < -0.39 is 0 Å². The van der Waals surface area contributed by atoms with Gasteiger partial charge in [0, 0.05) is 0 Å². The monoisotopic (exact) mass is 200 g/mol. The summed E-state index contributed by atoms with van der Waals surface area (Å²) in [7, 11) is 0. The molecule has 0 fully saturated rings. The quantitative estimate of drug-likeness (QED) is 0.634. The molecule has 2 heteroatoms. The Kier molecular flexibility index (Phi) is 1.66. The van der Waals surface area contributed by atoms with Crippen molar-refractivity contribution in [3.8, 4) is 11.5 Å². The molecule has 0 unspecified atom stereocenters. The Hall–Kier alpha value is -1.70. The molecule has 1 aliphatic heterocycles. The van der Waals surface area contributed by atoms with Crippen molar-refractivity contribution in [1.82, 2.24) is 0 Å². The van der Waals surface area contributed by atoms with Crippen LogP contribution in [-0.2, 0) is 0 Å². The molecule has 2 nitrogen and oxygen atoms in total. The van der Waals surface area contributed by atoms with Crippen LogP contribution < -0.4 is 19.9 Å². The molecule has 0 aromatic heterocycles. The van der Waals surface area contributed by atoms with Gasteiger partial charge in [0.25, 0.3) is 0 Å². The summed E-state index contributed by atoms with van der Waals surface area (Å²) in [4.78, 5) is 0. The number of hydrogen-bond acceptors (Lipinski definition) is 2. The van der Waals surface area contributed by atoms with Gasteiger partial charge in [-0.15, -0.1) is 0 Å². The number of hydrogen-bond donors (Lipinski definition) is 0. The van der Waals surface area contributed by atoms with Gasteiger partial charge in [-0.05, 0) is 42.8 Å². The number of rotatable bonds is 0. The minimum Gasteiger partial charge on any atom is -0.455 e. The van der Waals surface area contributed by atoms with E-state index in [-0.39, 0.29) is 0 Å². The second-order valence-corrected chi connectivity index (χ2v) is 3.89. The summed E-state index contributed by atoms with van der Waals surface area (Å²) >= 11 is 0. The van der Waals surface area contributed by atoms with E-state index in [0.717, 1.165) is 29.4 Å². The van der Waals surface area contributed by atoms with Crippen LogP contribution in [0.15, 0.2) is 23.7 Å². The highest BCUT2D eigenvalue weighted by molar-refractivity contribution is 5.53. The zero-order chi connectivity index (χ0) is 10.4. The smallest absolute Gasteiger partial charge is 0.170 e. The van der Waals surface area contributed by atoms with Gasteiger partial charge in [-0.2, -0.15) is 0 Å². The van der Waals surface area contributed by atoms with E-state index in [4.69, 9.17) is 9.47 Å². The highest BCUT2D eigenvalue weighted by Crippen LogP contribution is 2.32. The molecular weight excluding hydrogens is 188 g/mol. The lowest BCUT2D eigenvalue weighted by molar-refractivity contribution is 0.296. The van der Waals surface area contributed by atoms with Gasteiger partial charge in [0.15, 0.2) is 11.5 Å². The van der Waals surface area contributed by atoms with Crippen LogP contribution in [-0.4, -0.2) is 0 Å². The van der Waals surface area contributed by atoms with E-state index in [1.165, 1.54) is 10.4 Å². The van der Waals surface area contributed by atoms with E-state index in [9.17, 15) is 0 Å². The Bertz CT molecular complexity index is 528. The SMILES string of the molecule is CC1=C(C)Oc2cc3c(cc2O1)=CCC=3. The molecule has 0 spiro atoms. The second kappa shape index (κ2) is 2.89. The molecule has 1 aromatic rings. The van der Waals surface area contributed by atoms with Crippen molar-refractivity contribution in [2.45, 2.75) is 20.3 Å². The number of benzene rings is 1. The first-order valence-corrected chi connectivity index (χ1v) is 5.12. The molecule has 1 aliphatic carbocycles. The van der Waals surface area contributed by atoms with Crippen molar-refractivity contribution in [2.75, 3.05) is 0 Å². The topological polar surface area (TPSA) is 18.5 Å². The van der Waals surface area contributed by atoms with Gasteiger partial charge in [-0.3, -0.25) is 0 Å². The first kappa shape index (κ1) is 8.60. The van der Waals surface area contributed by atoms with E-state index in [1.807, 2.05) is 26.0 Å². The highest BCUT2D eigenvalue weighted by Gasteiger charge is 2.16. The lowest BCUT2D eigenvalue weighted by Crippen LogP contribution is -2.23. The molecular formula is C13H12O2. The maximum Gasteiger partial charge on any atom is 0.170 e. The van der Waals surface area contributed by atoms with Crippen molar-refractivity contribution in [3.05, 3.63) is 34.1 Å². The zero-order valence-corrected chi connectivity index (χ0v) is 8.83. The predicted molar refractivity (Wildman–Crippen MR) is 58.9 cm³/mol. The van der Waals surface area contributed by atoms with Crippen LogP contribution in [0, 0.1) is 0 Å². The summed E-state index contributed by atoms with van der Waals surface area (Å²) in [6.45, 7) is 3.84.